The topological polar surface area (TPSA) is 46.2 Å². The van der Waals surface area contributed by atoms with Crippen LogP contribution in [0.1, 0.15) is 58.3 Å². The quantitative estimate of drug-likeness (QED) is 0.737. The summed E-state index contributed by atoms with van der Waals surface area (Å²) in [4.78, 5) is 0. The molecule has 0 saturated heterocycles. The Labute approximate surface area is 93.2 Å². The van der Waals surface area contributed by atoms with Crippen LogP contribution in [-0.2, 0) is 0 Å². The summed E-state index contributed by atoms with van der Waals surface area (Å²) in [7, 11) is 0. The van der Waals surface area contributed by atoms with Crippen molar-refractivity contribution < 1.29 is 5.11 Å². The Morgan fingerprint density at radius 2 is 1.87 bits per heavy atom. The maximum absolute atomic E-state index is 10.8. The zero-order chi connectivity index (χ0) is 10.9. The van der Waals surface area contributed by atoms with E-state index in [-0.39, 0.29) is 5.41 Å². The van der Waals surface area contributed by atoms with Gasteiger partial charge in [0.05, 0.1) is 5.60 Å². The van der Waals surface area contributed by atoms with Crippen LogP contribution in [0.5, 0.6) is 0 Å². The van der Waals surface area contributed by atoms with Gasteiger partial charge in [-0.3, -0.25) is 0 Å². The van der Waals surface area contributed by atoms with Crippen LogP contribution >= 0.6 is 0 Å². The van der Waals surface area contributed by atoms with Gasteiger partial charge in [-0.2, -0.15) is 0 Å². The second-order valence-corrected chi connectivity index (χ2v) is 5.92. The molecule has 0 radical (unpaired) electrons. The Hall–Kier alpha value is -0.0800. The van der Waals surface area contributed by atoms with Gasteiger partial charge in [0, 0.05) is 12.0 Å². The summed E-state index contributed by atoms with van der Waals surface area (Å²) in [6.07, 6.45) is 9.19. The van der Waals surface area contributed by atoms with Gasteiger partial charge in [0.25, 0.3) is 0 Å². The number of aliphatic hydroxyl groups is 1. The fraction of sp³-hybridized carbons (Fsp3) is 1.00. The SMILES string of the molecule is CC1CCCC(CN)(C2(O)CCCC2)C1. The van der Waals surface area contributed by atoms with Crippen molar-refractivity contribution in [1.82, 2.24) is 0 Å². The van der Waals surface area contributed by atoms with Gasteiger partial charge in [-0.1, -0.05) is 32.6 Å². The molecule has 0 aromatic carbocycles. The third-order valence-corrected chi connectivity index (χ3v) is 4.90. The molecule has 2 fully saturated rings. The summed E-state index contributed by atoms with van der Waals surface area (Å²) in [5.74, 6) is 0.743. The molecule has 0 heterocycles. The Kier molecular flexibility index (Phi) is 3.09. The zero-order valence-corrected chi connectivity index (χ0v) is 9.97. The minimum Gasteiger partial charge on any atom is -0.389 e. The van der Waals surface area contributed by atoms with E-state index in [1.807, 2.05) is 0 Å². The number of rotatable bonds is 2. The van der Waals surface area contributed by atoms with Gasteiger partial charge in [-0.05, 0) is 31.6 Å². The van der Waals surface area contributed by atoms with E-state index in [0.717, 1.165) is 31.6 Å². The van der Waals surface area contributed by atoms with Gasteiger partial charge in [0.2, 0.25) is 0 Å². The highest BCUT2D eigenvalue weighted by Crippen LogP contribution is 2.52. The summed E-state index contributed by atoms with van der Waals surface area (Å²) in [6, 6.07) is 0. The fourth-order valence-corrected chi connectivity index (χ4v) is 3.95. The Morgan fingerprint density at radius 1 is 1.20 bits per heavy atom. The third-order valence-electron chi connectivity index (χ3n) is 4.90. The van der Waals surface area contributed by atoms with Gasteiger partial charge in [-0.25, -0.2) is 0 Å². The second kappa shape index (κ2) is 4.06. The first-order chi connectivity index (χ1) is 7.12. The average Bonchev–Trinajstić information content (AvgIpc) is 2.66. The molecule has 15 heavy (non-hydrogen) atoms. The summed E-state index contributed by atoms with van der Waals surface area (Å²) < 4.78 is 0. The van der Waals surface area contributed by atoms with E-state index >= 15 is 0 Å². The van der Waals surface area contributed by atoms with E-state index in [0.29, 0.717) is 6.54 Å². The van der Waals surface area contributed by atoms with Crippen LogP contribution in [0.25, 0.3) is 0 Å². The van der Waals surface area contributed by atoms with E-state index in [1.54, 1.807) is 0 Å². The first kappa shape index (κ1) is 11.4. The lowest BCUT2D eigenvalue weighted by Gasteiger charge is -2.49. The predicted molar refractivity (Wildman–Crippen MR) is 62.5 cm³/mol. The van der Waals surface area contributed by atoms with Crippen LogP contribution < -0.4 is 5.73 Å². The zero-order valence-electron chi connectivity index (χ0n) is 9.97. The fourth-order valence-electron chi connectivity index (χ4n) is 3.95. The minimum absolute atomic E-state index is 0.0428. The Morgan fingerprint density at radius 3 is 2.40 bits per heavy atom. The van der Waals surface area contributed by atoms with Crippen molar-refractivity contribution >= 4 is 0 Å². The van der Waals surface area contributed by atoms with Crippen LogP contribution in [0.3, 0.4) is 0 Å². The molecule has 88 valence electrons. The lowest BCUT2D eigenvalue weighted by atomic mass is 9.60. The van der Waals surface area contributed by atoms with Crippen LogP contribution in [0, 0.1) is 11.3 Å². The second-order valence-electron chi connectivity index (χ2n) is 5.92. The largest absolute Gasteiger partial charge is 0.389 e. The molecule has 3 N–H and O–H groups in total. The smallest absolute Gasteiger partial charge is 0.0715 e. The summed E-state index contributed by atoms with van der Waals surface area (Å²) in [5, 5.41) is 10.8. The monoisotopic (exact) mass is 211 g/mol. The van der Waals surface area contributed by atoms with Crippen LogP contribution in [-0.4, -0.2) is 17.3 Å². The van der Waals surface area contributed by atoms with E-state index in [9.17, 15) is 5.11 Å². The molecule has 2 aliphatic rings. The van der Waals surface area contributed by atoms with Crippen molar-refractivity contribution in [1.29, 1.82) is 0 Å². The lowest BCUT2D eigenvalue weighted by Crippen LogP contribution is -2.53. The normalized spacial score (nSPS) is 40.6. The van der Waals surface area contributed by atoms with E-state index in [4.69, 9.17) is 5.73 Å². The average molecular weight is 211 g/mol. The molecule has 2 rings (SSSR count). The molecule has 2 aliphatic carbocycles. The molecule has 0 spiro atoms. The molecular formula is C13H25NO. The van der Waals surface area contributed by atoms with Gasteiger partial charge in [-0.15, -0.1) is 0 Å². The van der Waals surface area contributed by atoms with E-state index in [2.05, 4.69) is 6.92 Å². The van der Waals surface area contributed by atoms with Gasteiger partial charge in [0.1, 0.15) is 0 Å². The van der Waals surface area contributed by atoms with Crippen LogP contribution in [0.2, 0.25) is 0 Å². The maximum atomic E-state index is 10.8. The van der Waals surface area contributed by atoms with Crippen molar-refractivity contribution in [2.24, 2.45) is 17.1 Å². The van der Waals surface area contributed by atoms with Gasteiger partial charge < -0.3 is 10.8 Å². The standard InChI is InChI=1S/C13H25NO/c1-11-5-4-6-12(9-11,10-14)13(15)7-2-3-8-13/h11,15H,2-10,14H2,1H3. The van der Waals surface area contributed by atoms with E-state index in [1.165, 1.54) is 25.7 Å². The Bertz CT molecular complexity index is 223. The summed E-state index contributed by atoms with van der Waals surface area (Å²) in [5.41, 5.74) is 5.61. The maximum Gasteiger partial charge on any atom is 0.0715 e. The highest BCUT2D eigenvalue weighted by atomic mass is 16.3. The molecular weight excluding hydrogens is 186 g/mol. The molecule has 0 aromatic heterocycles. The molecule has 0 aromatic rings. The number of hydrogen-bond acceptors (Lipinski definition) is 2. The molecule has 2 atom stereocenters. The summed E-state index contributed by atoms with van der Waals surface area (Å²) >= 11 is 0. The highest BCUT2D eigenvalue weighted by molar-refractivity contribution is 5.04. The molecule has 2 unspecified atom stereocenters. The van der Waals surface area contributed by atoms with Crippen molar-refractivity contribution in [2.75, 3.05) is 6.54 Å². The first-order valence-electron chi connectivity index (χ1n) is 6.54. The van der Waals surface area contributed by atoms with E-state index < -0.39 is 5.60 Å². The lowest BCUT2D eigenvalue weighted by molar-refractivity contribution is -0.102. The Balaban J connectivity index is 2.19. The van der Waals surface area contributed by atoms with Gasteiger partial charge in [0.15, 0.2) is 0 Å². The first-order valence-corrected chi connectivity index (χ1v) is 6.54. The highest BCUT2D eigenvalue weighted by Gasteiger charge is 2.51. The van der Waals surface area contributed by atoms with Crippen molar-refractivity contribution in [2.45, 2.75) is 63.9 Å². The third kappa shape index (κ3) is 1.83. The number of nitrogens with two attached hydrogens (primary N) is 1. The van der Waals surface area contributed by atoms with Crippen molar-refractivity contribution in [3.05, 3.63) is 0 Å². The molecule has 0 bridgehead atoms. The molecule has 0 aliphatic heterocycles. The van der Waals surface area contributed by atoms with Crippen LogP contribution in [0.4, 0.5) is 0 Å². The van der Waals surface area contributed by atoms with Crippen molar-refractivity contribution in [3.63, 3.8) is 0 Å². The van der Waals surface area contributed by atoms with Gasteiger partial charge >= 0.3 is 0 Å². The molecule has 2 heteroatoms. The van der Waals surface area contributed by atoms with Crippen LogP contribution in [0.15, 0.2) is 0 Å². The molecule has 0 amide bonds. The molecule has 2 nitrogen and oxygen atoms in total. The number of hydrogen-bond donors (Lipinski definition) is 2. The summed E-state index contributed by atoms with van der Waals surface area (Å²) in [6.45, 7) is 2.98. The van der Waals surface area contributed by atoms with Crippen molar-refractivity contribution in [3.8, 4) is 0 Å². The predicted octanol–water partition coefficient (Wildman–Crippen LogP) is 2.45. The minimum atomic E-state index is -0.434. The molecule has 2 saturated carbocycles.